The van der Waals surface area contributed by atoms with Gasteiger partial charge in [-0.3, -0.25) is 10.1 Å². The summed E-state index contributed by atoms with van der Waals surface area (Å²) < 4.78 is 0. The Morgan fingerprint density at radius 2 is 1.89 bits per heavy atom. The highest BCUT2D eigenvalue weighted by atomic mass is 16.2. The van der Waals surface area contributed by atoms with Crippen molar-refractivity contribution in [3.63, 3.8) is 0 Å². The molecule has 0 aliphatic carbocycles. The Hall–Kier alpha value is -1.86. The maximum Gasteiger partial charge on any atom is 0.246 e. The maximum atomic E-state index is 12.6. The Labute approximate surface area is 114 Å². The molecule has 0 bridgehead atoms. The highest BCUT2D eigenvalue weighted by Gasteiger charge is 2.44. The molecule has 1 heterocycles. The molecule has 0 spiro atoms. The molecule has 0 radical (unpaired) electrons. The number of anilines is 1. The molecule has 1 amide bonds. The number of hydrogen-bond acceptors (Lipinski definition) is 3. The lowest BCUT2D eigenvalue weighted by molar-refractivity contribution is -0.126. The summed E-state index contributed by atoms with van der Waals surface area (Å²) in [5.74, 6) is -0.00507. The van der Waals surface area contributed by atoms with Gasteiger partial charge in [-0.25, -0.2) is 0 Å². The van der Waals surface area contributed by atoms with Crippen molar-refractivity contribution in [1.29, 1.82) is 5.26 Å². The second kappa shape index (κ2) is 4.36. The van der Waals surface area contributed by atoms with E-state index in [1.807, 2.05) is 32.0 Å². The van der Waals surface area contributed by atoms with Crippen LogP contribution in [-0.4, -0.2) is 23.5 Å². The van der Waals surface area contributed by atoms with Gasteiger partial charge in [0.15, 0.2) is 0 Å². The number of benzene rings is 1. The van der Waals surface area contributed by atoms with E-state index >= 15 is 0 Å². The fraction of sp³-hybridized carbons (Fsp3) is 0.467. The van der Waals surface area contributed by atoms with E-state index < -0.39 is 5.54 Å². The molecule has 0 atom stereocenters. The molecule has 100 valence electrons. The molecule has 1 aromatic carbocycles. The predicted molar refractivity (Wildman–Crippen MR) is 74.8 cm³/mol. The van der Waals surface area contributed by atoms with Crippen LogP contribution < -0.4 is 10.2 Å². The van der Waals surface area contributed by atoms with Crippen LogP contribution >= 0.6 is 0 Å². The van der Waals surface area contributed by atoms with Gasteiger partial charge in [0.25, 0.3) is 0 Å². The fourth-order valence-corrected chi connectivity index (χ4v) is 2.74. The zero-order valence-corrected chi connectivity index (χ0v) is 11.8. The molecule has 4 heteroatoms. The zero-order chi connectivity index (χ0) is 14.3. The van der Waals surface area contributed by atoms with Crippen LogP contribution in [0, 0.1) is 11.3 Å². The average molecular weight is 257 g/mol. The van der Waals surface area contributed by atoms with Crippen molar-refractivity contribution >= 4 is 11.6 Å². The molecule has 1 N–H and O–H groups in total. The van der Waals surface area contributed by atoms with Gasteiger partial charge in [-0.1, -0.05) is 12.1 Å². The number of amides is 1. The van der Waals surface area contributed by atoms with E-state index in [4.69, 9.17) is 0 Å². The van der Waals surface area contributed by atoms with E-state index in [0.717, 1.165) is 0 Å². The number of piperazine rings is 1. The van der Waals surface area contributed by atoms with E-state index in [1.165, 1.54) is 0 Å². The van der Waals surface area contributed by atoms with Crippen molar-refractivity contribution < 1.29 is 4.79 Å². The van der Waals surface area contributed by atoms with Crippen LogP contribution in [0.5, 0.6) is 0 Å². The van der Waals surface area contributed by atoms with E-state index in [2.05, 4.69) is 25.2 Å². The molecular weight excluding hydrogens is 238 g/mol. The number of carbonyl (C=O) groups excluding carboxylic acids is 1. The molecule has 4 nitrogen and oxygen atoms in total. The number of nitrogens with zero attached hydrogens (tertiary/aromatic N) is 2. The number of para-hydroxylation sites is 1. The minimum Gasteiger partial charge on any atom is -0.308 e. The van der Waals surface area contributed by atoms with Gasteiger partial charge in [0.05, 0.1) is 16.8 Å². The van der Waals surface area contributed by atoms with Gasteiger partial charge in [-0.2, -0.15) is 5.26 Å². The Balaban J connectivity index is 2.49. The zero-order valence-electron chi connectivity index (χ0n) is 11.8. The Morgan fingerprint density at radius 3 is 2.53 bits per heavy atom. The number of carbonyl (C=O) groups is 1. The predicted octanol–water partition coefficient (Wildman–Crippen LogP) is 2.05. The molecular formula is C15H19N3O. The van der Waals surface area contributed by atoms with Crippen molar-refractivity contribution in [2.45, 2.75) is 38.8 Å². The normalized spacial score (nSPS) is 21.0. The lowest BCUT2D eigenvalue weighted by Crippen LogP contribution is -2.70. The first kappa shape index (κ1) is 13.6. The van der Waals surface area contributed by atoms with Crippen molar-refractivity contribution in [2.75, 3.05) is 11.4 Å². The smallest absolute Gasteiger partial charge is 0.246 e. The lowest BCUT2D eigenvalue weighted by Gasteiger charge is -2.47. The largest absolute Gasteiger partial charge is 0.308 e. The summed E-state index contributed by atoms with van der Waals surface area (Å²) in [7, 11) is 0. The summed E-state index contributed by atoms with van der Waals surface area (Å²) in [6.07, 6.45) is 0. The second-order valence-corrected chi connectivity index (χ2v) is 6.15. The molecule has 0 saturated carbocycles. The molecule has 1 fully saturated rings. The fourth-order valence-electron chi connectivity index (χ4n) is 2.74. The molecule has 0 aromatic heterocycles. The van der Waals surface area contributed by atoms with Gasteiger partial charge >= 0.3 is 0 Å². The third-order valence-electron chi connectivity index (χ3n) is 3.30. The van der Waals surface area contributed by atoms with Gasteiger partial charge in [-0.15, -0.1) is 0 Å². The third kappa shape index (κ3) is 2.47. The first-order valence-electron chi connectivity index (χ1n) is 6.37. The summed E-state index contributed by atoms with van der Waals surface area (Å²) in [6, 6.07) is 9.39. The Bertz CT molecular complexity index is 555. The molecule has 0 unspecified atom stereocenters. The molecule has 1 aliphatic heterocycles. The monoisotopic (exact) mass is 257 g/mol. The molecule has 1 aliphatic rings. The van der Waals surface area contributed by atoms with Crippen LogP contribution in [-0.2, 0) is 4.79 Å². The summed E-state index contributed by atoms with van der Waals surface area (Å²) >= 11 is 0. The van der Waals surface area contributed by atoms with E-state index in [1.54, 1.807) is 11.0 Å². The first-order valence-corrected chi connectivity index (χ1v) is 6.37. The van der Waals surface area contributed by atoms with Crippen molar-refractivity contribution in [2.24, 2.45) is 0 Å². The van der Waals surface area contributed by atoms with Crippen LogP contribution in [0.3, 0.4) is 0 Å². The SMILES string of the molecule is CC1(C)CN(c2ccccc2C#N)C(=O)C(C)(C)N1. The Morgan fingerprint density at radius 1 is 1.26 bits per heavy atom. The molecule has 2 rings (SSSR count). The molecule has 1 aromatic rings. The topological polar surface area (TPSA) is 56.1 Å². The molecule has 19 heavy (non-hydrogen) atoms. The van der Waals surface area contributed by atoms with E-state index in [0.29, 0.717) is 17.8 Å². The highest BCUT2D eigenvalue weighted by Crippen LogP contribution is 2.29. The van der Waals surface area contributed by atoms with Crippen LogP contribution in [0.15, 0.2) is 24.3 Å². The summed E-state index contributed by atoms with van der Waals surface area (Å²) in [4.78, 5) is 14.3. The maximum absolute atomic E-state index is 12.6. The number of nitrogens with one attached hydrogen (secondary N) is 1. The van der Waals surface area contributed by atoms with Crippen molar-refractivity contribution in [1.82, 2.24) is 5.32 Å². The van der Waals surface area contributed by atoms with Crippen LogP contribution in [0.2, 0.25) is 0 Å². The third-order valence-corrected chi connectivity index (χ3v) is 3.30. The highest BCUT2D eigenvalue weighted by molar-refractivity contribution is 6.01. The number of nitriles is 1. The van der Waals surface area contributed by atoms with Gasteiger partial charge in [0.2, 0.25) is 5.91 Å². The number of hydrogen-bond donors (Lipinski definition) is 1. The lowest BCUT2D eigenvalue weighted by atomic mass is 9.90. The van der Waals surface area contributed by atoms with Crippen LogP contribution in [0.1, 0.15) is 33.3 Å². The average Bonchev–Trinajstić information content (AvgIpc) is 2.32. The summed E-state index contributed by atoms with van der Waals surface area (Å²) in [6.45, 7) is 8.41. The standard InChI is InChI=1S/C15H19N3O/c1-14(2)10-18(13(19)15(3,4)17-14)12-8-6-5-7-11(12)9-16/h5-8,17H,10H2,1-4H3. The van der Waals surface area contributed by atoms with Gasteiger partial charge in [0, 0.05) is 12.1 Å². The molecule has 1 saturated heterocycles. The Kier molecular flexibility index (Phi) is 3.11. The second-order valence-electron chi connectivity index (χ2n) is 6.15. The van der Waals surface area contributed by atoms with Crippen LogP contribution in [0.25, 0.3) is 0 Å². The van der Waals surface area contributed by atoms with E-state index in [9.17, 15) is 10.1 Å². The van der Waals surface area contributed by atoms with Gasteiger partial charge in [0.1, 0.15) is 6.07 Å². The number of rotatable bonds is 1. The summed E-state index contributed by atoms with van der Waals surface area (Å²) in [5, 5.41) is 12.5. The van der Waals surface area contributed by atoms with Crippen molar-refractivity contribution in [3.8, 4) is 6.07 Å². The van der Waals surface area contributed by atoms with Crippen LogP contribution in [0.4, 0.5) is 5.69 Å². The quantitative estimate of drug-likeness (QED) is 0.837. The first-order chi connectivity index (χ1) is 8.77. The summed E-state index contributed by atoms with van der Waals surface area (Å²) in [5.41, 5.74) is 0.395. The van der Waals surface area contributed by atoms with Gasteiger partial charge < -0.3 is 4.90 Å². The minimum atomic E-state index is -0.635. The van der Waals surface area contributed by atoms with E-state index in [-0.39, 0.29) is 11.4 Å². The minimum absolute atomic E-state index is 0.00507. The van der Waals surface area contributed by atoms with Gasteiger partial charge in [-0.05, 0) is 39.8 Å². The van der Waals surface area contributed by atoms with Crippen molar-refractivity contribution in [3.05, 3.63) is 29.8 Å².